The number of anilines is 1. The van der Waals surface area contributed by atoms with Gasteiger partial charge in [0, 0.05) is 17.8 Å². The van der Waals surface area contributed by atoms with Gasteiger partial charge in [0.1, 0.15) is 10.8 Å². The summed E-state index contributed by atoms with van der Waals surface area (Å²) < 4.78 is 0. The predicted octanol–water partition coefficient (Wildman–Crippen LogP) is 4.44. The molecule has 110 valence electrons. The second kappa shape index (κ2) is 6.01. The molecule has 0 fully saturated rings. The Labute approximate surface area is 127 Å². The summed E-state index contributed by atoms with van der Waals surface area (Å²) in [5.74, 6) is 0.194. The van der Waals surface area contributed by atoms with Crippen molar-refractivity contribution in [3.8, 4) is 5.75 Å². The van der Waals surface area contributed by atoms with E-state index in [0.717, 1.165) is 16.8 Å². The van der Waals surface area contributed by atoms with Gasteiger partial charge in [-0.2, -0.15) is 0 Å². The average Bonchev–Trinajstić information content (AvgIpc) is 2.42. The van der Waals surface area contributed by atoms with Crippen LogP contribution in [-0.2, 0) is 0 Å². The van der Waals surface area contributed by atoms with Crippen molar-refractivity contribution in [2.24, 2.45) is 0 Å². The summed E-state index contributed by atoms with van der Waals surface area (Å²) in [5, 5.41) is 23.7. The molecule has 0 bridgehead atoms. The van der Waals surface area contributed by atoms with Crippen LogP contribution in [0.15, 0.2) is 36.4 Å². The van der Waals surface area contributed by atoms with Gasteiger partial charge in [-0.25, -0.2) is 0 Å². The van der Waals surface area contributed by atoms with Gasteiger partial charge >= 0.3 is 0 Å². The van der Waals surface area contributed by atoms with E-state index in [1.807, 2.05) is 13.0 Å². The first-order chi connectivity index (χ1) is 9.88. The molecule has 1 unspecified atom stereocenters. The third kappa shape index (κ3) is 3.44. The standard InChI is InChI=1S/C15H15ClN2O3/c1-9-6-15(18(20)21)13(16)8-14(9)17-10(2)11-4-3-5-12(19)7-11/h3-8,10,17,19H,1-2H3. The van der Waals surface area contributed by atoms with E-state index in [1.165, 1.54) is 6.07 Å². The molecule has 0 saturated carbocycles. The van der Waals surface area contributed by atoms with E-state index in [0.29, 0.717) is 0 Å². The Morgan fingerprint density at radius 3 is 2.67 bits per heavy atom. The van der Waals surface area contributed by atoms with Gasteiger partial charge in [-0.05, 0) is 43.2 Å². The Balaban J connectivity index is 2.27. The summed E-state index contributed by atoms with van der Waals surface area (Å²) in [5.41, 5.74) is 2.26. The zero-order chi connectivity index (χ0) is 15.6. The summed E-state index contributed by atoms with van der Waals surface area (Å²) in [6.07, 6.45) is 0. The first-order valence-corrected chi connectivity index (χ1v) is 6.76. The number of hydrogen-bond acceptors (Lipinski definition) is 4. The van der Waals surface area contributed by atoms with Crippen LogP contribution in [0.25, 0.3) is 0 Å². The van der Waals surface area contributed by atoms with Crippen molar-refractivity contribution in [2.75, 3.05) is 5.32 Å². The molecule has 0 aliphatic rings. The fourth-order valence-corrected chi connectivity index (χ4v) is 2.31. The van der Waals surface area contributed by atoms with Crippen molar-refractivity contribution in [3.05, 3.63) is 62.7 Å². The topological polar surface area (TPSA) is 75.4 Å². The highest BCUT2D eigenvalue weighted by molar-refractivity contribution is 6.33. The predicted molar refractivity (Wildman–Crippen MR) is 83.0 cm³/mol. The molecule has 2 aromatic rings. The normalized spacial score (nSPS) is 12.0. The minimum absolute atomic E-state index is 0.0756. The van der Waals surface area contributed by atoms with Crippen LogP contribution < -0.4 is 5.32 Å². The molecule has 21 heavy (non-hydrogen) atoms. The second-order valence-electron chi connectivity index (χ2n) is 4.84. The van der Waals surface area contributed by atoms with Gasteiger partial charge < -0.3 is 10.4 Å². The molecule has 0 amide bonds. The highest BCUT2D eigenvalue weighted by Crippen LogP contribution is 2.32. The van der Waals surface area contributed by atoms with Crippen molar-refractivity contribution < 1.29 is 10.0 Å². The number of phenols is 1. The maximum Gasteiger partial charge on any atom is 0.288 e. The van der Waals surface area contributed by atoms with Gasteiger partial charge in [0.15, 0.2) is 0 Å². The molecular formula is C15H15ClN2O3. The monoisotopic (exact) mass is 306 g/mol. The van der Waals surface area contributed by atoms with E-state index in [4.69, 9.17) is 11.6 Å². The number of nitrogens with zero attached hydrogens (tertiary/aromatic N) is 1. The molecular weight excluding hydrogens is 292 g/mol. The smallest absolute Gasteiger partial charge is 0.288 e. The van der Waals surface area contributed by atoms with Gasteiger partial charge in [-0.1, -0.05) is 23.7 Å². The Morgan fingerprint density at radius 1 is 1.33 bits per heavy atom. The van der Waals surface area contributed by atoms with Crippen LogP contribution in [0.3, 0.4) is 0 Å². The van der Waals surface area contributed by atoms with Gasteiger partial charge in [0.05, 0.1) is 4.92 Å². The fraction of sp³-hybridized carbons (Fsp3) is 0.200. The number of aryl methyl sites for hydroxylation is 1. The van der Waals surface area contributed by atoms with Crippen molar-refractivity contribution in [3.63, 3.8) is 0 Å². The Hall–Kier alpha value is -2.27. The molecule has 0 aromatic heterocycles. The number of phenolic OH excluding ortho intramolecular Hbond substituents is 1. The third-order valence-electron chi connectivity index (χ3n) is 3.23. The lowest BCUT2D eigenvalue weighted by molar-refractivity contribution is -0.384. The summed E-state index contributed by atoms with van der Waals surface area (Å²) >= 11 is 5.93. The van der Waals surface area contributed by atoms with E-state index in [9.17, 15) is 15.2 Å². The second-order valence-corrected chi connectivity index (χ2v) is 5.24. The van der Waals surface area contributed by atoms with E-state index >= 15 is 0 Å². The van der Waals surface area contributed by atoms with Gasteiger partial charge in [0.25, 0.3) is 5.69 Å². The number of halogens is 1. The number of benzene rings is 2. The number of aromatic hydroxyl groups is 1. The highest BCUT2D eigenvalue weighted by Gasteiger charge is 2.16. The Kier molecular flexibility index (Phi) is 4.33. The van der Waals surface area contributed by atoms with Crippen molar-refractivity contribution in [1.29, 1.82) is 0 Å². The van der Waals surface area contributed by atoms with Crippen LogP contribution in [0.4, 0.5) is 11.4 Å². The van der Waals surface area contributed by atoms with Gasteiger partial charge in [-0.3, -0.25) is 10.1 Å². The molecule has 0 radical (unpaired) electrons. The van der Waals surface area contributed by atoms with Crippen molar-refractivity contribution >= 4 is 23.0 Å². The number of nitro benzene ring substituents is 1. The van der Waals surface area contributed by atoms with Crippen LogP contribution >= 0.6 is 11.6 Å². The molecule has 6 heteroatoms. The van der Waals surface area contributed by atoms with Crippen molar-refractivity contribution in [1.82, 2.24) is 0 Å². The molecule has 0 saturated heterocycles. The minimum atomic E-state index is -0.502. The number of nitrogens with one attached hydrogen (secondary N) is 1. The van der Waals surface area contributed by atoms with E-state index in [2.05, 4.69) is 5.32 Å². The van der Waals surface area contributed by atoms with Crippen LogP contribution in [-0.4, -0.2) is 10.0 Å². The molecule has 2 aromatic carbocycles. The molecule has 0 aliphatic carbocycles. The van der Waals surface area contributed by atoms with Crippen LogP contribution in [0.1, 0.15) is 24.1 Å². The highest BCUT2D eigenvalue weighted by atomic mass is 35.5. The van der Waals surface area contributed by atoms with Crippen molar-refractivity contribution in [2.45, 2.75) is 19.9 Å². The molecule has 2 rings (SSSR count). The zero-order valence-electron chi connectivity index (χ0n) is 11.6. The third-order valence-corrected chi connectivity index (χ3v) is 3.54. The lowest BCUT2D eigenvalue weighted by Crippen LogP contribution is -2.08. The first-order valence-electron chi connectivity index (χ1n) is 6.38. The van der Waals surface area contributed by atoms with E-state index < -0.39 is 4.92 Å². The SMILES string of the molecule is Cc1cc([N+](=O)[O-])c(Cl)cc1NC(C)c1cccc(O)c1. The first kappa shape index (κ1) is 15.1. The quantitative estimate of drug-likeness (QED) is 0.647. The zero-order valence-corrected chi connectivity index (χ0v) is 12.4. The van der Waals surface area contributed by atoms with Crippen LogP contribution in [0, 0.1) is 17.0 Å². The summed E-state index contributed by atoms with van der Waals surface area (Å²) in [6, 6.07) is 9.84. The summed E-state index contributed by atoms with van der Waals surface area (Å²) in [6.45, 7) is 3.71. The largest absolute Gasteiger partial charge is 0.508 e. The summed E-state index contributed by atoms with van der Waals surface area (Å²) in [4.78, 5) is 10.3. The Bertz CT molecular complexity index is 689. The molecule has 0 spiro atoms. The maximum absolute atomic E-state index is 10.8. The van der Waals surface area contributed by atoms with Gasteiger partial charge in [-0.15, -0.1) is 0 Å². The lowest BCUT2D eigenvalue weighted by atomic mass is 10.1. The lowest BCUT2D eigenvalue weighted by Gasteiger charge is -2.18. The minimum Gasteiger partial charge on any atom is -0.508 e. The van der Waals surface area contributed by atoms with Gasteiger partial charge in [0.2, 0.25) is 0 Å². The number of rotatable bonds is 4. The van der Waals surface area contributed by atoms with E-state index in [-0.39, 0.29) is 22.5 Å². The maximum atomic E-state index is 10.8. The van der Waals surface area contributed by atoms with Crippen LogP contribution in [0.2, 0.25) is 5.02 Å². The average molecular weight is 307 g/mol. The Morgan fingerprint density at radius 2 is 2.05 bits per heavy atom. The summed E-state index contributed by atoms with van der Waals surface area (Å²) in [7, 11) is 0. The molecule has 1 atom stereocenters. The molecule has 0 heterocycles. The molecule has 0 aliphatic heterocycles. The van der Waals surface area contributed by atoms with Crippen LogP contribution in [0.5, 0.6) is 5.75 Å². The van der Waals surface area contributed by atoms with E-state index in [1.54, 1.807) is 31.2 Å². The molecule has 5 nitrogen and oxygen atoms in total. The molecule has 2 N–H and O–H groups in total. The number of hydrogen-bond donors (Lipinski definition) is 2. The number of nitro groups is 1. The fourth-order valence-electron chi connectivity index (χ4n) is 2.07.